The van der Waals surface area contributed by atoms with E-state index in [1.807, 2.05) is 47.4 Å². The molecule has 0 spiro atoms. The summed E-state index contributed by atoms with van der Waals surface area (Å²) in [5.41, 5.74) is 4.26. The van der Waals surface area contributed by atoms with Crippen LogP contribution in [0.25, 0.3) is 5.69 Å². The largest absolute Gasteiger partial charge is 0.241 e. The summed E-state index contributed by atoms with van der Waals surface area (Å²) < 4.78 is 2.91. The average Bonchev–Trinajstić information content (AvgIpc) is 3.00. The highest BCUT2D eigenvalue weighted by atomic mass is 79.9. The molecule has 0 aliphatic carbocycles. The van der Waals surface area contributed by atoms with E-state index in [-0.39, 0.29) is 5.38 Å². The van der Waals surface area contributed by atoms with Crippen molar-refractivity contribution in [1.29, 1.82) is 0 Å². The van der Waals surface area contributed by atoms with Crippen molar-refractivity contribution in [2.75, 3.05) is 0 Å². The van der Waals surface area contributed by atoms with Crippen LogP contribution in [0.4, 0.5) is 0 Å². The summed E-state index contributed by atoms with van der Waals surface area (Å²) in [7, 11) is 0. The summed E-state index contributed by atoms with van der Waals surface area (Å²) in [6.45, 7) is 2.06. The molecular formula is C17H14BrClN2. The molecule has 21 heavy (non-hydrogen) atoms. The van der Waals surface area contributed by atoms with Crippen molar-refractivity contribution in [2.45, 2.75) is 12.3 Å². The number of halogens is 2. The Morgan fingerprint density at radius 2 is 1.86 bits per heavy atom. The van der Waals surface area contributed by atoms with Gasteiger partial charge in [0.25, 0.3) is 0 Å². The van der Waals surface area contributed by atoms with Gasteiger partial charge in [0.1, 0.15) is 0 Å². The topological polar surface area (TPSA) is 17.8 Å². The van der Waals surface area contributed by atoms with E-state index < -0.39 is 0 Å². The van der Waals surface area contributed by atoms with Crippen molar-refractivity contribution < 1.29 is 0 Å². The van der Waals surface area contributed by atoms with E-state index in [0.29, 0.717) is 0 Å². The van der Waals surface area contributed by atoms with Crippen molar-refractivity contribution >= 4 is 27.5 Å². The zero-order chi connectivity index (χ0) is 14.8. The Labute approximate surface area is 137 Å². The van der Waals surface area contributed by atoms with Crippen molar-refractivity contribution in [1.82, 2.24) is 9.78 Å². The molecule has 3 aromatic rings. The molecule has 0 aliphatic heterocycles. The molecule has 3 rings (SSSR count). The summed E-state index contributed by atoms with van der Waals surface area (Å²) in [6, 6.07) is 16.2. The number of nitrogens with zero attached hydrogens (tertiary/aromatic N) is 2. The van der Waals surface area contributed by atoms with Gasteiger partial charge in [-0.2, -0.15) is 5.10 Å². The lowest BCUT2D eigenvalue weighted by molar-refractivity contribution is 0.880. The minimum absolute atomic E-state index is 0.209. The Morgan fingerprint density at radius 1 is 1.10 bits per heavy atom. The van der Waals surface area contributed by atoms with Crippen molar-refractivity contribution in [2.24, 2.45) is 0 Å². The Kier molecular flexibility index (Phi) is 4.13. The standard InChI is InChI=1S/C17H14BrClN2/c1-12-7-8-13(9-16(12)18)17(19)14-10-20-21(11-14)15-5-3-2-4-6-15/h2-11,17H,1H3. The fourth-order valence-corrected chi connectivity index (χ4v) is 2.79. The minimum atomic E-state index is -0.209. The molecule has 2 aromatic carbocycles. The van der Waals surface area contributed by atoms with Crippen LogP contribution in [0, 0.1) is 6.92 Å². The highest BCUT2D eigenvalue weighted by Crippen LogP contribution is 2.31. The first-order valence-corrected chi connectivity index (χ1v) is 7.88. The molecule has 106 valence electrons. The lowest BCUT2D eigenvalue weighted by Crippen LogP contribution is -1.94. The van der Waals surface area contributed by atoms with E-state index in [9.17, 15) is 0 Å². The Balaban J connectivity index is 1.90. The zero-order valence-electron chi connectivity index (χ0n) is 11.5. The van der Waals surface area contributed by atoms with Gasteiger partial charge < -0.3 is 0 Å². The number of alkyl halides is 1. The van der Waals surface area contributed by atoms with Crippen LogP contribution in [-0.2, 0) is 0 Å². The second-order valence-corrected chi connectivity index (χ2v) is 6.22. The zero-order valence-corrected chi connectivity index (χ0v) is 13.8. The summed E-state index contributed by atoms with van der Waals surface area (Å²) in [6.07, 6.45) is 3.79. The normalized spacial score (nSPS) is 12.3. The number of para-hydroxylation sites is 1. The summed E-state index contributed by atoms with van der Waals surface area (Å²) in [5, 5.41) is 4.18. The van der Waals surface area contributed by atoms with E-state index in [4.69, 9.17) is 11.6 Å². The third-order valence-corrected chi connectivity index (χ3v) is 4.76. The quantitative estimate of drug-likeness (QED) is 0.581. The smallest absolute Gasteiger partial charge is 0.0866 e. The van der Waals surface area contributed by atoms with Crippen LogP contribution in [-0.4, -0.2) is 9.78 Å². The predicted molar refractivity (Wildman–Crippen MR) is 90.1 cm³/mol. The van der Waals surface area contributed by atoms with E-state index >= 15 is 0 Å². The van der Waals surface area contributed by atoms with Gasteiger partial charge in [-0.25, -0.2) is 4.68 Å². The molecule has 0 N–H and O–H groups in total. The fraction of sp³-hybridized carbons (Fsp3) is 0.118. The monoisotopic (exact) mass is 360 g/mol. The number of aromatic nitrogens is 2. The molecule has 0 bridgehead atoms. The number of benzene rings is 2. The van der Waals surface area contributed by atoms with Crippen molar-refractivity contribution in [3.8, 4) is 5.69 Å². The number of aryl methyl sites for hydroxylation is 1. The molecule has 1 atom stereocenters. The van der Waals surface area contributed by atoms with Crippen LogP contribution in [0.2, 0.25) is 0 Å². The molecule has 1 unspecified atom stereocenters. The number of hydrogen-bond acceptors (Lipinski definition) is 1. The van der Waals surface area contributed by atoms with Crippen LogP contribution in [0.15, 0.2) is 65.4 Å². The maximum atomic E-state index is 6.58. The van der Waals surface area contributed by atoms with Gasteiger partial charge in [0.15, 0.2) is 0 Å². The van der Waals surface area contributed by atoms with Gasteiger partial charge in [0, 0.05) is 16.2 Å². The first-order valence-electron chi connectivity index (χ1n) is 6.65. The van der Waals surface area contributed by atoms with E-state index in [2.05, 4.69) is 46.2 Å². The van der Waals surface area contributed by atoms with E-state index in [1.165, 1.54) is 5.56 Å². The van der Waals surface area contributed by atoms with Crippen LogP contribution in [0.1, 0.15) is 22.1 Å². The first kappa shape index (κ1) is 14.4. The minimum Gasteiger partial charge on any atom is -0.241 e. The maximum absolute atomic E-state index is 6.58. The second kappa shape index (κ2) is 6.04. The summed E-state index contributed by atoms with van der Waals surface area (Å²) in [5.74, 6) is 0. The Hall–Kier alpha value is -1.58. The molecule has 0 amide bonds. The van der Waals surface area contributed by atoms with Crippen LogP contribution in [0.5, 0.6) is 0 Å². The van der Waals surface area contributed by atoms with Crippen LogP contribution in [0.3, 0.4) is 0 Å². The van der Waals surface area contributed by atoms with E-state index in [1.54, 1.807) is 0 Å². The predicted octanol–water partition coefficient (Wildman–Crippen LogP) is 5.27. The molecular weight excluding hydrogens is 348 g/mol. The maximum Gasteiger partial charge on any atom is 0.0866 e. The van der Waals surface area contributed by atoms with Gasteiger partial charge in [-0.15, -0.1) is 11.6 Å². The highest BCUT2D eigenvalue weighted by molar-refractivity contribution is 9.10. The number of hydrogen-bond donors (Lipinski definition) is 0. The molecule has 1 heterocycles. The lowest BCUT2D eigenvalue weighted by Gasteiger charge is -2.09. The Bertz CT molecular complexity index is 752. The molecule has 0 saturated carbocycles. The van der Waals surface area contributed by atoms with Crippen LogP contribution < -0.4 is 0 Å². The van der Waals surface area contributed by atoms with Gasteiger partial charge in [-0.1, -0.05) is 46.3 Å². The summed E-state index contributed by atoms with van der Waals surface area (Å²) >= 11 is 10.1. The lowest BCUT2D eigenvalue weighted by atomic mass is 10.1. The Morgan fingerprint density at radius 3 is 2.57 bits per heavy atom. The first-order chi connectivity index (χ1) is 10.1. The van der Waals surface area contributed by atoms with E-state index in [0.717, 1.165) is 21.3 Å². The number of rotatable bonds is 3. The molecule has 4 heteroatoms. The van der Waals surface area contributed by atoms with Crippen molar-refractivity contribution in [3.05, 3.63) is 82.1 Å². The molecule has 1 aromatic heterocycles. The molecule has 0 fully saturated rings. The second-order valence-electron chi connectivity index (χ2n) is 4.92. The third-order valence-electron chi connectivity index (χ3n) is 3.40. The molecule has 0 aliphatic rings. The molecule has 0 saturated heterocycles. The average molecular weight is 362 g/mol. The van der Waals surface area contributed by atoms with Crippen LogP contribution >= 0.6 is 27.5 Å². The van der Waals surface area contributed by atoms with Gasteiger partial charge >= 0.3 is 0 Å². The van der Waals surface area contributed by atoms with Crippen molar-refractivity contribution in [3.63, 3.8) is 0 Å². The SMILES string of the molecule is Cc1ccc(C(Cl)c2cnn(-c3ccccc3)c2)cc1Br. The van der Waals surface area contributed by atoms with Gasteiger partial charge in [-0.3, -0.25) is 0 Å². The van der Waals surface area contributed by atoms with Gasteiger partial charge in [0.05, 0.1) is 17.3 Å². The molecule has 0 radical (unpaired) electrons. The van der Waals surface area contributed by atoms with Gasteiger partial charge in [0.2, 0.25) is 0 Å². The summed E-state index contributed by atoms with van der Waals surface area (Å²) in [4.78, 5) is 0. The third kappa shape index (κ3) is 3.04. The molecule has 2 nitrogen and oxygen atoms in total. The fourth-order valence-electron chi connectivity index (χ4n) is 2.15. The van der Waals surface area contributed by atoms with Gasteiger partial charge in [-0.05, 0) is 36.2 Å². The highest BCUT2D eigenvalue weighted by Gasteiger charge is 2.14.